The van der Waals surface area contributed by atoms with E-state index in [9.17, 15) is 4.39 Å². The molecule has 1 aromatic heterocycles. The van der Waals surface area contributed by atoms with Crippen molar-refractivity contribution in [3.63, 3.8) is 0 Å². The first kappa shape index (κ1) is 12.5. The van der Waals surface area contributed by atoms with Crippen molar-refractivity contribution in [3.8, 4) is 0 Å². The van der Waals surface area contributed by atoms with E-state index in [4.69, 9.17) is 4.74 Å². The van der Waals surface area contributed by atoms with Crippen LogP contribution in [0.2, 0.25) is 0 Å². The number of aromatic nitrogens is 1. The fourth-order valence-corrected chi connectivity index (χ4v) is 2.06. The van der Waals surface area contributed by atoms with Crippen LogP contribution in [-0.2, 0) is 4.74 Å². The highest BCUT2D eigenvalue weighted by Crippen LogP contribution is 2.16. The largest absolute Gasteiger partial charge is 0.381 e. The maximum absolute atomic E-state index is 12.7. The van der Waals surface area contributed by atoms with E-state index < -0.39 is 0 Å². The summed E-state index contributed by atoms with van der Waals surface area (Å²) in [5.41, 5.74) is 0.883. The van der Waals surface area contributed by atoms with Gasteiger partial charge in [0.15, 0.2) is 0 Å². The molecule has 0 saturated carbocycles. The summed E-state index contributed by atoms with van der Waals surface area (Å²) in [5.74, 6) is 0.403. The first-order chi connectivity index (χ1) is 8.25. The Labute approximate surface area is 101 Å². The van der Waals surface area contributed by atoms with E-state index in [0.717, 1.165) is 31.9 Å². The van der Waals surface area contributed by atoms with Crippen LogP contribution in [0.5, 0.6) is 0 Å². The molecule has 0 amide bonds. The first-order valence-corrected chi connectivity index (χ1v) is 6.18. The lowest BCUT2D eigenvalue weighted by Crippen LogP contribution is -2.22. The van der Waals surface area contributed by atoms with Gasteiger partial charge in [-0.2, -0.15) is 0 Å². The van der Waals surface area contributed by atoms with Crippen LogP contribution in [-0.4, -0.2) is 24.7 Å². The molecule has 1 fully saturated rings. The van der Waals surface area contributed by atoms with Crippen LogP contribution in [0.25, 0.3) is 0 Å². The molecule has 2 heterocycles. The van der Waals surface area contributed by atoms with Gasteiger partial charge in [0.05, 0.1) is 11.9 Å². The summed E-state index contributed by atoms with van der Waals surface area (Å²) in [5, 5.41) is 3.40. The van der Waals surface area contributed by atoms with E-state index in [1.54, 1.807) is 6.07 Å². The van der Waals surface area contributed by atoms with Gasteiger partial charge in [0.25, 0.3) is 0 Å². The van der Waals surface area contributed by atoms with Gasteiger partial charge >= 0.3 is 0 Å². The maximum Gasteiger partial charge on any atom is 0.141 e. The third-order valence-electron chi connectivity index (χ3n) is 3.22. The van der Waals surface area contributed by atoms with Gasteiger partial charge in [-0.3, -0.25) is 4.98 Å². The molecule has 0 aromatic carbocycles. The average Bonchev–Trinajstić information content (AvgIpc) is 2.83. The minimum Gasteiger partial charge on any atom is -0.381 e. The van der Waals surface area contributed by atoms with Gasteiger partial charge in [0, 0.05) is 19.3 Å². The molecule has 17 heavy (non-hydrogen) atoms. The fourth-order valence-electron chi connectivity index (χ4n) is 2.06. The number of hydrogen-bond donors (Lipinski definition) is 1. The van der Waals surface area contributed by atoms with Crippen molar-refractivity contribution in [1.82, 2.24) is 10.3 Å². The zero-order chi connectivity index (χ0) is 12.1. The summed E-state index contributed by atoms with van der Waals surface area (Å²) in [6.07, 6.45) is 3.56. The van der Waals surface area contributed by atoms with Gasteiger partial charge in [-0.25, -0.2) is 4.39 Å². The van der Waals surface area contributed by atoms with Crippen LogP contribution in [0.4, 0.5) is 4.39 Å². The molecule has 1 saturated heterocycles. The summed E-state index contributed by atoms with van der Waals surface area (Å²) in [6, 6.07) is 3.34. The monoisotopic (exact) mass is 238 g/mol. The molecule has 0 radical (unpaired) electrons. The molecule has 0 bridgehead atoms. The van der Waals surface area contributed by atoms with E-state index in [1.807, 2.05) is 6.92 Å². The predicted octanol–water partition coefficient (Wildman–Crippen LogP) is 2.30. The van der Waals surface area contributed by atoms with Crippen molar-refractivity contribution in [3.05, 3.63) is 29.8 Å². The highest BCUT2D eigenvalue weighted by Gasteiger charge is 2.15. The number of pyridine rings is 1. The summed E-state index contributed by atoms with van der Waals surface area (Å²) >= 11 is 0. The molecular weight excluding hydrogens is 219 g/mol. The number of halogens is 1. The van der Waals surface area contributed by atoms with E-state index >= 15 is 0 Å². The van der Waals surface area contributed by atoms with Crippen molar-refractivity contribution in [2.24, 2.45) is 5.92 Å². The zero-order valence-electron chi connectivity index (χ0n) is 10.2. The lowest BCUT2D eigenvalue weighted by atomic mass is 10.1. The van der Waals surface area contributed by atoms with Gasteiger partial charge in [0.1, 0.15) is 5.82 Å². The zero-order valence-corrected chi connectivity index (χ0v) is 10.2. The Kier molecular flexibility index (Phi) is 4.45. The molecule has 1 aliphatic rings. The highest BCUT2D eigenvalue weighted by molar-refractivity contribution is 5.08. The van der Waals surface area contributed by atoms with Crippen LogP contribution >= 0.6 is 0 Å². The molecule has 1 aromatic rings. The number of nitrogens with zero attached hydrogens (tertiary/aromatic N) is 1. The Morgan fingerprint density at radius 2 is 2.47 bits per heavy atom. The van der Waals surface area contributed by atoms with E-state index in [2.05, 4.69) is 10.3 Å². The molecule has 1 aliphatic heterocycles. The number of rotatable bonds is 5. The summed E-state index contributed by atoms with van der Waals surface area (Å²) in [4.78, 5) is 4.07. The summed E-state index contributed by atoms with van der Waals surface area (Å²) in [7, 11) is 0. The molecular formula is C13H19FN2O. The number of nitrogens with one attached hydrogen (secondary N) is 1. The normalized spacial score (nSPS) is 21.6. The second kappa shape index (κ2) is 6.07. The topological polar surface area (TPSA) is 34.1 Å². The van der Waals surface area contributed by atoms with Crippen molar-refractivity contribution >= 4 is 0 Å². The van der Waals surface area contributed by atoms with Gasteiger partial charge in [-0.05, 0) is 44.4 Å². The van der Waals surface area contributed by atoms with Crippen LogP contribution in [0, 0.1) is 11.7 Å². The molecule has 0 spiro atoms. The molecule has 94 valence electrons. The quantitative estimate of drug-likeness (QED) is 0.854. The lowest BCUT2D eigenvalue weighted by molar-refractivity contribution is 0.184. The summed E-state index contributed by atoms with van der Waals surface area (Å²) < 4.78 is 18.0. The Bertz CT molecular complexity index is 336. The van der Waals surface area contributed by atoms with Crippen LogP contribution in [0.1, 0.15) is 31.5 Å². The van der Waals surface area contributed by atoms with Gasteiger partial charge in [-0.15, -0.1) is 0 Å². The Morgan fingerprint density at radius 1 is 1.59 bits per heavy atom. The number of ether oxygens (including phenoxy) is 1. The maximum atomic E-state index is 12.7. The smallest absolute Gasteiger partial charge is 0.141 e. The molecule has 0 aliphatic carbocycles. The molecule has 1 N–H and O–H groups in total. The minimum atomic E-state index is -0.288. The van der Waals surface area contributed by atoms with Crippen molar-refractivity contribution in [1.29, 1.82) is 0 Å². The van der Waals surface area contributed by atoms with Gasteiger partial charge in [0.2, 0.25) is 0 Å². The molecule has 2 rings (SSSR count). The van der Waals surface area contributed by atoms with E-state index in [-0.39, 0.29) is 11.9 Å². The number of hydrogen-bond acceptors (Lipinski definition) is 3. The SMILES string of the molecule is CC(NCCC1CCOC1)c1ccc(F)cn1. The van der Waals surface area contributed by atoms with Crippen molar-refractivity contribution in [2.45, 2.75) is 25.8 Å². The van der Waals surface area contributed by atoms with E-state index in [1.165, 1.54) is 18.7 Å². The van der Waals surface area contributed by atoms with Crippen LogP contribution in [0.3, 0.4) is 0 Å². The third-order valence-corrected chi connectivity index (χ3v) is 3.22. The second-order valence-corrected chi connectivity index (χ2v) is 4.60. The summed E-state index contributed by atoms with van der Waals surface area (Å²) in [6.45, 7) is 4.80. The first-order valence-electron chi connectivity index (χ1n) is 6.18. The van der Waals surface area contributed by atoms with Crippen LogP contribution in [0.15, 0.2) is 18.3 Å². The van der Waals surface area contributed by atoms with Crippen molar-refractivity contribution in [2.75, 3.05) is 19.8 Å². The average molecular weight is 238 g/mol. The lowest BCUT2D eigenvalue weighted by Gasteiger charge is -2.14. The molecule has 2 unspecified atom stereocenters. The molecule has 3 nitrogen and oxygen atoms in total. The van der Waals surface area contributed by atoms with Gasteiger partial charge < -0.3 is 10.1 Å². The minimum absolute atomic E-state index is 0.165. The Morgan fingerprint density at radius 3 is 3.12 bits per heavy atom. The third kappa shape index (κ3) is 3.75. The molecule has 4 heteroatoms. The van der Waals surface area contributed by atoms with Crippen LogP contribution < -0.4 is 5.32 Å². The fraction of sp³-hybridized carbons (Fsp3) is 0.615. The highest BCUT2D eigenvalue weighted by atomic mass is 19.1. The standard InChI is InChI=1S/C13H19FN2O/c1-10(13-3-2-12(14)8-16-13)15-6-4-11-5-7-17-9-11/h2-3,8,10-11,15H,4-7,9H2,1H3. The van der Waals surface area contributed by atoms with E-state index in [0.29, 0.717) is 5.92 Å². The van der Waals surface area contributed by atoms with Gasteiger partial charge in [-0.1, -0.05) is 0 Å². The second-order valence-electron chi connectivity index (χ2n) is 4.60. The van der Waals surface area contributed by atoms with Crippen molar-refractivity contribution < 1.29 is 9.13 Å². The Hall–Kier alpha value is -1.00. The predicted molar refractivity (Wildman–Crippen MR) is 64.2 cm³/mol. The molecule has 2 atom stereocenters. The Balaban J connectivity index is 1.72.